The topological polar surface area (TPSA) is 58.3 Å². The molecule has 2 aromatic rings. The summed E-state index contributed by atoms with van der Waals surface area (Å²) in [6.45, 7) is 5.25. The Labute approximate surface area is 166 Å². The van der Waals surface area contributed by atoms with Crippen molar-refractivity contribution in [2.75, 3.05) is 0 Å². The van der Waals surface area contributed by atoms with Crippen molar-refractivity contribution in [2.24, 2.45) is 17.3 Å². The zero-order valence-electron chi connectivity index (χ0n) is 16.8. The predicted octanol–water partition coefficient (Wildman–Crippen LogP) is 4.52. The number of phenolic OH excluding ortho intramolecular Hbond substituents is 1. The van der Waals surface area contributed by atoms with Gasteiger partial charge in [0.2, 0.25) is 0 Å². The lowest BCUT2D eigenvalue weighted by molar-refractivity contribution is -0.0158. The molecule has 4 heteroatoms. The number of aliphatic hydroxyl groups excluding tert-OH is 1. The first-order chi connectivity index (χ1) is 13.5. The number of aromatic nitrogens is 2. The van der Waals surface area contributed by atoms with E-state index in [1.54, 1.807) is 0 Å². The Hall–Kier alpha value is -2.07. The van der Waals surface area contributed by atoms with Gasteiger partial charge in [0.05, 0.1) is 11.8 Å². The number of hydrogen-bond donors (Lipinski definition) is 2. The molecule has 2 fully saturated rings. The molecule has 2 N–H and O–H groups in total. The van der Waals surface area contributed by atoms with E-state index in [-0.39, 0.29) is 11.5 Å². The molecule has 2 saturated carbocycles. The van der Waals surface area contributed by atoms with Crippen molar-refractivity contribution in [2.45, 2.75) is 64.5 Å². The van der Waals surface area contributed by atoms with Gasteiger partial charge in [-0.05, 0) is 97.8 Å². The maximum atomic E-state index is 11.3. The fraction of sp³-hybridized carbons (Fsp3) is 0.542. The summed E-state index contributed by atoms with van der Waals surface area (Å²) in [4.78, 5) is 0. The highest BCUT2D eigenvalue weighted by molar-refractivity contribution is 5.53. The zero-order valence-corrected chi connectivity index (χ0v) is 16.8. The Morgan fingerprint density at radius 1 is 1.29 bits per heavy atom. The molecule has 5 rings (SSSR count). The molecular formula is C24H30N2O2. The summed E-state index contributed by atoms with van der Waals surface area (Å²) in [7, 11) is 0. The van der Waals surface area contributed by atoms with Gasteiger partial charge in [0.1, 0.15) is 5.75 Å². The van der Waals surface area contributed by atoms with Crippen LogP contribution in [0.4, 0.5) is 0 Å². The average Bonchev–Trinajstić information content (AvgIpc) is 3.24. The Balaban J connectivity index is 1.48. The molecule has 1 heterocycles. The van der Waals surface area contributed by atoms with E-state index >= 15 is 0 Å². The molecule has 0 spiro atoms. The van der Waals surface area contributed by atoms with E-state index in [1.165, 1.54) is 16.7 Å². The minimum Gasteiger partial charge on any atom is -0.508 e. The van der Waals surface area contributed by atoms with Crippen LogP contribution in [-0.2, 0) is 13.0 Å². The quantitative estimate of drug-likeness (QED) is 0.808. The maximum Gasteiger partial charge on any atom is 0.115 e. The van der Waals surface area contributed by atoms with Gasteiger partial charge in [-0.1, -0.05) is 13.0 Å². The molecule has 5 unspecified atom stereocenters. The van der Waals surface area contributed by atoms with Crippen LogP contribution in [-0.4, -0.2) is 26.1 Å². The average molecular weight is 379 g/mol. The lowest BCUT2D eigenvalue weighted by atomic mass is 9.55. The number of fused-ring (bicyclic) bond motifs is 5. The van der Waals surface area contributed by atoms with Gasteiger partial charge in [-0.25, -0.2) is 0 Å². The predicted molar refractivity (Wildman–Crippen MR) is 110 cm³/mol. The van der Waals surface area contributed by atoms with Crippen molar-refractivity contribution in [1.29, 1.82) is 0 Å². The third-order valence-electron chi connectivity index (χ3n) is 7.96. The number of hydrogen-bond acceptors (Lipinski definition) is 3. The van der Waals surface area contributed by atoms with Crippen LogP contribution in [0.2, 0.25) is 0 Å². The second-order valence-corrected chi connectivity index (χ2v) is 9.24. The smallest absolute Gasteiger partial charge is 0.115 e. The summed E-state index contributed by atoms with van der Waals surface area (Å²) in [5.41, 5.74) is 5.01. The zero-order chi connectivity index (χ0) is 19.5. The van der Waals surface area contributed by atoms with Crippen molar-refractivity contribution < 1.29 is 10.2 Å². The van der Waals surface area contributed by atoms with Gasteiger partial charge in [0.25, 0.3) is 0 Å². The van der Waals surface area contributed by atoms with Gasteiger partial charge in [0.15, 0.2) is 0 Å². The highest BCUT2D eigenvalue weighted by Gasteiger charge is 2.56. The number of nitrogens with zero attached hydrogens (tertiary/aromatic N) is 2. The number of aliphatic hydroxyl groups is 1. The van der Waals surface area contributed by atoms with Crippen LogP contribution in [0.25, 0.3) is 6.08 Å². The van der Waals surface area contributed by atoms with E-state index in [2.05, 4.69) is 31.1 Å². The van der Waals surface area contributed by atoms with Crippen molar-refractivity contribution in [1.82, 2.24) is 9.78 Å². The number of phenols is 1. The summed E-state index contributed by atoms with van der Waals surface area (Å²) in [6.07, 6.45) is 9.05. The lowest BCUT2D eigenvalue weighted by Crippen LogP contribution is -2.44. The first-order valence-electron chi connectivity index (χ1n) is 10.7. The monoisotopic (exact) mass is 378 g/mol. The molecule has 5 atom stereocenters. The highest BCUT2D eigenvalue weighted by Crippen LogP contribution is 2.62. The number of benzene rings is 1. The molecule has 0 radical (unpaired) electrons. The Bertz CT molecular complexity index is 930. The van der Waals surface area contributed by atoms with E-state index in [9.17, 15) is 10.2 Å². The van der Waals surface area contributed by atoms with Gasteiger partial charge in [0, 0.05) is 18.2 Å². The van der Waals surface area contributed by atoms with E-state index in [4.69, 9.17) is 0 Å². The van der Waals surface area contributed by atoms with Crippen molar-refractivity contribution in [3.63, 3.8) is 0 Å². The molecule has 1 aromatic carbocycles. The van der Waals surface area contributed by atoms with Crippen LogP contribution < -0.4 is 0 Å². The molecule has 28 heavy (non-hydrogen) atoms. The normalized spacial score (nSPS) is 35.5. The SMILES string of the molecule is CCn1nccc1/C=C1\CC2C3CCc4cc(O)ccc4C3CCC2(C)C1O. The van der Waals surface area contributed by atoms with Gasteiger partial charge in [-0.2, -0.15) is 5.10 Å². The Morgan fingerprint density at radius 2 is 2.14 bits per heavy atom. The molecule has 4 nitrogen and oxygen atoms in total. The number of aryl methyl sites for hydroxylation is 2. The fourth-order valence-electron chi connectivity index (χ4n) is 6.49. The van der Waals surface area contributed by atoms with Crippen molar-refractivity contribution >= 4 is 6.08 Å². The Morgan fingerprint density at radius 3 is 2.96 bits per heavy atom. The summed E-state index contributed by atoms with van der Waals surface area (Å²) in [5, 5.41) is 25.5. The van der Waals surface area contributed by atoms with Crippen LogP contribution in [0.1, 0.15) is 62.3 Å². The third-order valence-corrected chi connectivity index (χ3v) is 7.96. The van der Waals surface area contributed by atoms with Crippen LogP contribution >= 0.6 is 0 Å². The summed E-state index contributed by atoms with van der Waals surface area (Å²) in [5.74, 6) is 2.09. The van der Waals surface area contributed by atoms with Crippen LogP contribution in [0.3, 0.4) is 0 Å². The molecule has 0 bridgehead atoms. The molecule has 3 aliphatic rings. The second-order valence-electron chi connectivity index (χ2n) is 9.24. The van der Waals surface area contributed by atoms with E-state index in [0.717, 1.165) is 44.3 Å². The second kappa shape index (κ2) is 6.48. The molecule has 0 saturated heterocycles. The molecule has 1 aromatic heterocycles. The van der Waals surface area contributed by atoms with Gasteiger partial charge in [-0.3, -0.25) is 4.68 Å². The maximum absolute atomic E-state index is 11.3. The van der Waals surface area contributed by atoms with E-state index < -0.39 is 0 Å². The molecular weight excluding hydrogens is 348 g/mol. The van der Waals surface area contributed by atoms with E-state index in [0.29, 0.717) is 23.5 Å². The minimum atomic E-state index is -0.361. The largest absolute Gasteiger partial charge is 0.508 e. The highest BCUT2D eigenvalue weighted by atomic mass is 16.3. The van der Waals surface area contributed by atoms with Crippen LogP contribution in [0.15, 0.2) is 36.0 Å². The summed E-state index contributed by atoms with van der Waals surface area (Å²) in [6, 6.07) is 7.99. The summed E-state index contributed by atoms with van der Waals surface area (Å²) >= 11 is 0. The minimum absolute atomic E-state index is 0.0293. The standard InChI is InChI=1S/C24H30N2O2/c1-3-26-17(9-11-25-26)12-16-14-22-21-6-4-15-13-18(27)5-7-19(15)20(21)8-10-24(22,2)23(16)28/h5,7,9,11-13,20-23,27-28H,3-4,6,8,10,14H2,1-2H3/b16-12+. The van der Waals surface area contributed by atoms with Gasteiger partial charge < -0.3 is 10.2 Å². The van der Waals surface area contributed by atoms with Crippen molar-refractivity contribution in [3.05, 3.63) is 52.9 Å². The van der Waals surface area contributed by atoms with Crippen molar-refractivity contribution in [3.8, 4) is 5.75 Å². The first kappa shape index (κ1) is 18.0. The fourth-order valence-corrected chi connectivity index (χ4v) is 6.49. The van der Waals surface area contributed by atoms with Gasteiger partial charge in [-0.15, -0.1) is 0 Å². The first-order valence-corrected chi connectivity index (χ1v) is 10.7. The third kappa shape index (κ3) is 2.57. The molecule has 148 valence electrons. The summed E-state index contributed by atoms with van der Waals surface area (Å²) < 4.78 is 2.00. The van der Waals surface area contributed by atoms with E-state index in [1.807, 2.05) is 29.1 Å². The van der Waals surface area contributed by atoms with Gasteiger partial charge >= 0.3 is 0 Å². The number of aromatic hydroxyl groups is 1. The molecule has 0 aliphatic heterocycles. The lowest BCUT2D eigenvalue weighted by Gasteiger charge is -2.49. The van der Waals surface area contributed by atoms with Crippen LogP contribution in [0, 0.1) is 17.3 Å². The molecule has 3 aliphatic carbocycles. The molecule has 0 amide bonds. The number of rotatable bonds is 2. The van der Waals surface area contributed by atoms with Crippen LogP contribution in [0.5, 0.6) is 5.75 Å². The Kier molecular flexibility index (Phi) is 4.16.